The van der Waals surface area contributed by atoms with E-state index < -0.39 is 5.41 Å². The number of nitrogens with one attached hydrogen (secondary N) is 1. The molecule has 1 heterocycles. The van der Waals surface area contributed by atoms with E-state index in [9.17, 15) is 9.59 Å². The number of carbonyl (C=O) groups is 2. The molecule has 2 aromatic carbocycles. The summed E-state index contributed by atoms with van der Waals surface area (Å²) in [6.07, 6.45) is 0. The summed E-state index contributed by atoms with van der Waals surface area (Å²) in [6, 6.07) is 11.3. The molecule has 1 aliphatic heterocycles. The molecule has 0 bridgehead atoms. The first-order chi connectivity index (χ1) is 11.2. The van der Waals surface area contributed by atoms with Crippen molar-refractivity contribution in [2.45, 2.75) is 33.1 Å². The SMILES string of the molecule is Cc1ccc(C(=O)Nc2cc(C)c3c(c2)C(C)(C)C(=O)N3C)cc1. The molecule has 2 amide bonds. The van der Waals surface area contributed by atoms with Crippen LogP contribution in [0.15, 0.2) is 36.4 Å². The number of nitrogens with zero attached hydrogens (tertiary/aromatic N) is 1. The van der Waals surface area contributed by atoms with Crippen molar-refractivity contribution in [3.63, 3.8) is 0 Å². The number of hydrogen-bond donors (Lipinski definition) is 1. The zero-order valence-electron chi connectivity index (χ0n) is 14.7. The van der Waals surface area contributed by atoms with Crippen LogP contribution >= 0.6 is 0 Å². The van der Waals surface area contributed by atoms with Crippen LogP contribution in [0.4, 0.5) is 11.4 Å². The maximum absolute atomic E-state index is 12.5. The minimum Gasteiger partial charge on any atom is -0.322 e. The standard InChI is InChI=1S/C20H22N2O2/c1-12-6-8-14(9-7-12)18(23)21-15-10-13(2)17-16(11-15)20(3,4)19(24)22(17)5/h6-11H,1-5H3,(H,21,23). The average molecular weight is 322 g/mol. The Hall–Kier alpha value is -2.62. The number of hydrogen-bond acceptors (Lipinski definition) is 2. The molecule has 0 aliphatic carbocycles. The number of fused-ring (bicyclic) bond motifs is 1. The first-order valence-electron chi connectivity index (χ1n) is 8.03. The Labute approximate surface area is 142 Å². The van der Waals surface area contributed by atoms with Crippen LogP contribution in [0, 0.1) is 13.8 Å². The van der Waals surface area contributed by atoms with Gasteiger partial charge in [0, 0.05) is 18.3 Å². The average Bonchev–Trinajstić information content (AvgIpc) is 2.69. The minimum atomic E-state index is -0.584. The maximum Gasteiger partial charge on any atom is 0.255 e. The van der Waals surface area contributed by atoms with Gasteiger partial charge < -0.3 is 10.2 Å². The van der Waals surface area contributed by atoms with E-state index in [-0.39, 0.29) is 11.8 Å². The lowest BCUT2D eigenvalue weighted by Gasteiger charge is -2.17. The molecule has 0 saturated heterocycles. The molecule has 0 fully saturated rings. The van der Waals surface area contributed by atoms with E-state index >= 15 is 0 Å². The minimum absolute atomic E-state index is 0.0719. The largest absolute Gasteiger partial charge is 0.322 e. The molecule has 0 atom stereocenters. The molecular weight excluding hydrogens is 300 g/mol. The molecule has 3 rings (SSSR count). The van der Waals surface area contributed by atoms with Crippen LogP contribution in [0.3, 0.4) is 0 Å². The van der Waals surface area contributed by atoms with Crippen molar-refractivity contribution in [1.82, 2.24) is 0 Å². The van der Waals surface area contributed by atoms with Crippen LogP contribution in [0.1, 0.15) is 40.9 Å². The van der Waals surface area contributed by atoms with E-state index in [1.54, 1.807) is 11.9 Å². The third-order valence-electron chi connectivity index (χ3n) is 4.72. The van der Waals surface area contributed by atoms with Crippen molar-refractivity contribution < 1.29 is 9.59 Å². The first-order valence-corrected chi connectivity index (χ1v) is 8.03. The molecule has 0 unspecified atom stereocenters. The summed E-state index contributed by atoms with van der Waals surface area (Å²) in [5.74, 6) is -0.0764. The van der Waals surface area contributed by atoms with Gasteiger partial charge in [0.2, 0.25) is 5.91 Å². The third kappa shape index (κ3) is 2.48. The highest BCUT2D eigenvalue weighted by molar-refractivity contribution is 6.09. The molecule has 4 heteroatoms. The van der Waals surface area contributed by atoms with Gasteiger partial charge in [-0.2, -0.15) is 0 Å². The Morgan fingerprint density at radius 2 is 1.71 bits per heavy atom. The summed E-state index contributed by atoms with van der Waals surface area (Å²) in [5.41, 5.74) is 4.74. The summed E-state index contributed by atoms with van der Waals surface area (Å²) < 4.78 is 0. The lowest BCUT2D eigenvalue weighted by Crippen LogP contribution is -2.33. The Morgan fingerprint density at radius 3 is 2.33 bits per heavy atom. The fourth-order valence-corrected chi connectivity index (χ4v) is 3.32. The predicted molar refractivity (Wildman–Crippen MR) is 96.7 cm³/mol. The van der Waals surface area contributed by atoms with Crippen molar-refractivity contribution in [3.8, 4) is 0 Å². The monoisotopic (exact) mass is 322 g/mol. The highest BCUT2D eigenvalue weighted by atomic mass is 16.2. The van der Waals surface area contributed by atoms with E-state index in [4.69, 9.17) is 0 Å². The topological polar surface area (TPSA) is 49.4 Å². The zero-order chi connectivity index (χ0) is 17.6. The van der Waals surface area contributed by atoms with Gasteiger partial charge in [-0.1, -0.05) is 17.7 Å². The van der Waals surface area contributed by atoms with Crippen LogP contribution in [0.2, 0.25) is 0 Å². The van der Waals surface area contributed by atoms with E-state index in [1.165, 1.54) is 0 Å². The van der Waals surface area contributed by atoms with Gasteiger partial charge in [-0.05, 0) is 63.1 Å². The quantitative estimate of drug-likeness (QED) is 0.914. The number of carbonyl (C=O) groups excluding carboxylic acids is 2. The second-order valence-corrected chi connectivity index (χ2v) is 7.00. The van der Waals surface area contributed by atoms with E-state index in [0.29, 0.717) is 11.3 Å². The lowest BCUT2D eigenvalue weighted by molar-refractivity contribution is -0.121. The van der Waals surface area contributed by atoms with Crippen molar-refractivity contribution in [2.75, 3.05) is 17.3 Å². The second-order valence-electron chi connectivity index (χ2n) is 7.00. The molecule has 4 nitrogen and oxygen atoms in total. The normalized spacial score (nSPS) is 15.4. The number of rotatable bonds is 2. The van der Waals surface area contributed by atoms with Gasteiger partial charge in [0.1, 0.15) is 0 Å². The summed E-state index contributed by atoms with van der Waals surface area (Å²) in [5, 5.41) is 2.95. The summed E-state index contributed by atoms with van der Waals surface area (Å²) in [4.78, 5) is 26.6. The van der Waals surface area contributed by atoms with E-state index in [1.807, 2.05) is 64.1 Å². The number of anilines is 2. The van der Waals surface area contributed by atoms with Gasteiger partial charge in [-0.15, -0.1) is 0 Å². The summed E-state index contributed by atoms with van der Waals surface area (Å²) in [6.45, 7) is 7.79. The van der Waals surface area contributed by atoms with Crippen LogP contribution in [-0.4, -0.2) is 18.9 Å². The van der Waals surface area contributed by atoms with Crippen LogP contribution in [0.5, 0.6) is 0 Å². The summed E-state index contributed by atoms with van der Waals surface area (Å²) >= 11 is 0. The van der Waals surface area contributed by atoms with Gasteiger partial charge in [-0.25, -0.2) is 0 Å². The van der Waals surface area contributed by atoms with Crippen LogP contribution in [0.25, 0.3) is 0 Å². The van der Waals surface area contributed by atoms with Crippen molar-refractivity contribution in [1.29, 1.82) is 0 Å². The van der Waals surface area contributed by atoms with Crippen molar-refractivity contribution in [2.24, 2.45) is 0 Å². The third-order valence-corrected chi connectivity index (χ3v) is 4.72. The summed E-state index contributed by atoms with van der Waals surface area (Å²) in [7, 11) is 1.80. The fraction of sp³-hybridized carbons (Fsp3) is 0.300. The predicted octanol–water partition coefficient (Wildman–Crippen LogP) is 3.81. The molecule has 24 heavy (non-hydrogen) atoms. The maximum atomic E-state index is 12.5. The van der Waals surface area contributed by atoms with Gasteiger partial charge in [0.25, 0.3) is 5.91 Å². The fourth-order valence-electron chi connectivity index (χ4n) is 3.32. The number of likely N-dealkylation sites (N-methyl/N-ethyl adjacent to an activating group) is 1. The Morgan fingerprint density at radius 1 is 1.08 bits per heavy atom. The molecule has 0 aromatic heterocycles. The smallest absolute Gasteiger partial charge is 0.255 e. The first kappa shape index (κ1) is 16.2. The molecule has 0 saturated carbocycles. The van der Waals surface area contributed by atoms with Crippen molar-refractivity contribution >= 4 is 23.2 Å². The second kappa shape index (κ2) is 5.48. The molecule has 1 N–H and O–H groups in total. The van der Waals surface area contributed by atoms with Gasteiger partial charge in [0.05, 0.1) is 11.1 Å². The number of aryl methyl sites for hydroxylation is 2. The van der Waals surface area contributed by atoms with Gasteiger partial charge in [0.15, 0.2) is 0 Å². The Kier molecular flexibility index (Phi) is 3.71. The highest BCUT2D eigenvalue weighted by Gasteiger charge is 2.43. The van der Waals surface area contributed by atoms with E-state index in [0.717, 1.165) is 22.4 Å². The molecule has 1 aliphatic rings. The van der Waals surface area contributed by atoms with Crippen molar-refractivity contribution in [3.05, 3.63) is 58.7 Å². The Bertz CT molecular complexity index is 835. The molecule has 124 valence electrons. The molecule has 2 aromatic rings. The lowest BCUT2D eigenvalue weighted by atomic mass is 9.85. The van der Waals surface area contributed by atoms with Gasteiger partial charge in [-0.3, -0.25) is 9.59 Å². The van der Waals surface area contributed by atoms with Crippen LogP contribution < -0.4 is 10.2 Å². The Balaban J connectivity index is 1.96. The molecular formula is C20H22N2O2. The van der Waals surface area contributed by atoms with Crippen LogP contribution in [-0.2, 0) is 10.2 Å². The van der Waals surface area contributed by atoms with E-state index in [2.05, 4.69) is 5.32 Å². The number of amides is 2. The van der Waals surface area contributed by atoms with Gasteiger partial charge >= 0.3 is 0 Å². The number of benzene rings is 2. The zero-order valence-corrected chi connectivity index (χ0v) is 14.7. The molecule has 0 radical (unpaired) electrons. The molecule has 0 spiro atoms. The highest BCUT2D eigenvalue weighted by Crippen LogP contribution is 2.44.